The molecule has 0 aliphatic rings. The van der Waals surface area contributed by atoms with Crippen LogP contribution in [-0.2, 0) is 28.6 Å². The van der Waals surface area contributed by atoms with Crippen LogP contribution < -0.4 is 0 Å². The fourth-order valence-electron chi connectivity index (χ4n) is 5.90. The molecule has 50 heavy (non-hydrogen) atoms. The Labute approximate surface area is 309 Å². The average Bonchev–Trinajstić information content (AvgIpc) is 3.11. The molecule has 0 aromatic carbocycles. The number of unbranched alkanes of at least 4 members (excludes halogenated alkanes) is 23. The molecule has 0 rings (SSSR count). The van der Waals surface area contributed by atoms with Crippen molar-refractivity contribution in [1.82, 2.24) is 0 Å². The summed E-state index contributed by atoms with van der Waals surface area (Å²) in [6.45, 7) is 6.51. The normalized spacial score (nSPS) is 12.1. The van der Waals surface area contributed by atoms with E-state index in [4.69, 9.17) is 14.2 Å². The zero-order chi connectivity index (χ0) is 36.6. The molecule has 1 atom stereocenters. The number of hydrogen-bond acceptors (Lipinski definition) is 6. The van der Waals surface area contributed by atoms with E-state index in [0.717, 1.165) is 77.0 Å². The van der Waals surface area contributed by atoms with Gasteiger partial charge in [-0.3, -0.25) is 14.4 Å². The summed E-state index contributed by atoms with van der Waals surface area (Å²) in [6, 6.07) is 0. The third-order valence-corrected chi connectivity index (χ3v) is 9.18. The number of esters is 3. The highest BCUT2D eigenvalue weighted by Crippen LogP contribution is 2.14. The standard InChI is InChI=1S/C44H80O6/c1-4-7-10-13-16-19-21-22-23-26-28-31-34-37-43(46)49-40-41(39-48-42(45)36-33-30-27-24-18-15-12-9-6-3)50-44(47)38-35-32-29-25-20-17-14-11-8-5-2/h14,17,24,27,41H,4-13,15-16,18-23,25-26,28-40H2,1-3H3/b17-14-,27-24-. The van der Waals surface area contributed by atoms with Gasteiger partial charge in [-0.05, 0) is 57.8 Å². The van der Waals surface area contributed by atoms with Crippen LogP contribution in [0, 0.1) is 0 Å². The van der Waals surface area contributed by atoms with Crippen molar-refractivity contribution >= 4 is 17.9 Å². The van der Waals surface area contributed by atoms with E-state index in [1.165, 1.54) is 103 Å². The van der Waals surface area contributed by atoms with Crippen LogP contribution in [0.2, 0.25) is 0 Å². The van der Waals surface area contributed by atoms with E-state index < -0.39 is 6.10 Å². The first-order chi connectivity index (χ1) is 24.5. The molecule has 0 amide bonds. The first kappa shape index (κ1) is 47.9. The molecule has 292 valence electrons. The summed E-state index contributed by atoms with van der Waals surface area (Å²) in [6.07, 6.45) is 41.7. The van der Waals surface area contributed by atoms with Crippen molar-refractivity contribution in [2.24, 2.45) is 0 Å². The Morgan fingerprint density at radius 3 is 1.16 bits per heavy atom. The molecule has 6 nitrogen and oxygen atoms in total. The first-order valence-electron chi connectivity index (χ1n) is 21.3. The Morgan fingerprint density at radius 2 is 0.700 bits per heavy atom. The lowest BCUT2D eigenvalue weighted by Crippen LogP contribution is -2.30. The highest BCUT2D eigenvalue weighted by atomic mass is 16.6. The molecule has 0 bridgehead atoms. The van der Waals surface area contributed by atoms with Gasteiger partial charge in [-0.25, -0.2) is 0 Å². The summed E-state index contributed by atoms with van der Waals surface area (Å²) >= 11 is 0. The van der Waals surface area contributed by atoms with Gasteiger partial charge >= 0.3 is 17.9 Å². The van der Waals surface area contributed by atoms with Gasteiger partial charge in [0.05, 0.1) is 0 Å². The fraction of sp³-hybridized carbons (Fsp3) is 0.841. The minimum Gasteiger partial charge on any atom is -0.462 e. The molecule has 0 aromatic rings. The summed E-state index contributed by atoms with van der Waals surface area (Å²) in [5.41, 5.74) is 0. The lowest BCUT2D eigenvalue weighted by atomic mass is 10.0. The monoisotopic (exact) mass is 705 g/mol. The topological polar surface area (TPSA) is 78.9 Å². The maximum atomic E-state index is 12.6. The molecule has 0 aromatic heterocycles. The van der Waals surface area contributed by atoms with Crippen LogP contribution in [0.3, 0.4) is 0 Å². The lowest BCUT2D eigenvalue weighted by Gasteiger charge is -2.18. The maximum absolute atomic E-state index is 12.6. The number of hydrogen-bond donors (Lipinski definition) is 0. The van der Waals surface area contributed by atoms with Crippen LogP contribution >= 0.6 is 0 Å². The van der Waals surface area contributed by atoms with Crippen molar-refractivity contribution in [3.8, 4) is 0 Å². The maximum Gasteiger partial charge on any atom is 0.306 e. The molecule has 0 N–H and O–H groups in total. The van der Waals surface area contributed by atoms with Gasteiger partial charge in [0.15, 0.2) is 6.10 Å². The molecule has 0 aliphatic heterocycles. The number of carbonyl (C=O) groups is 3. The van der Waals surface area contributed by atoms with E-state index in [-0.39, 0.29) is 31.1 Å². The van der Waals surface area contributed by atoms with Crippen molar-refractivity contribution < 1.29 is 28.6 Å². The predicted molar refractivity (Wildman–Crippen MR) is 210 cm³/mol. The number of ether oxygens (including phenoxy) is 3. The van der Waals surface area contributed by atoms with Crippen LogP contribution in [0.25, 0.3) is 0 Å². The van der Waals surface area contributed by atoms with Crippen LogP contribution in [0.15, 0.2) is 24.3 Å². The van der Waals surface area contributed by atoms with E-state index in [9.17, 15) is 14.4 Å². The molecule has 0 spiro atoms. The Balaban J connectivity index is 4.37. The molecule has 0 heterocycles. The van der Waals surface area contributed by atoms with Crippen molar-refractivity contribution in [2.75, 3.05) is 13.2 Å². The zero-order valence-electron chi connectivity index (χ0n) is 33.2. The highest BCUT2D eigenvalue weighted by molar-refractivity contribution is 5.71. The number of rotatable bonds is 38. The average molecular weight is 705 g/mol. The van der Waals surface area contributed by atoms with Gasteiger partial charge in [-0.15, -0.1) is 0 Å². The number of allylic oxidation sites excluding steroid dienone is 4. The zero-order valence-corrected chi connectivity index (χ0v) is 33.2. The fourth-order valence-corrected chi connectivity index (χ4v) is 5.90. The van der Waals surface area contributed by atoms with Gasteiger partial charge in [-0.2, -0.15) is 0 Å². The molecule has 0 fully saturated rings. The van der Waals surface area contributed by atoms with E-state index in [1.807, 2.05) is 0 Å². The van der Waals surface area contributed by atoms with Crippen LogP contribution in [0.4, 0.5) is 0 Å². The van der Waals surface area contributed by atoms with Crippen molar-refractivity contribution in [3.63, 3.8) is 0 Å². The van der Waals surface area contributed by atoms with Crippen molar-refractivity contribution in [3.05, 3.63) is 24.3 Å². The Kier molecular flexibility index (Phi) is 38.0. The van der Waals surface area contributed by atoms with Crippen molar-refractivity contribution in [2.45, 2.75) is 226 Å². The quantitative estimate of drug-likeness (QED) is 0.0275. The SMILES string of the molecule is CCCC/C=C\CCCCCCC(=O)OC(COC(=O)CCC/C=C\CCCCCC)COC(=O)CCCCCCCCCCCCCCC. The molecule has 0 radical (unpaired) electrons. The second-order valence-electron chi connectivity index (χ2n) is 14.3. The Morgan fingerprint density at radius 1 is 0.380 bits per heavy atom. The second kappa shape index (κ2) is 39.7. The van der Waals surface area contributed by atoms with Gasteiger partial charge < -0.3 is 14.2 Å². The molecule has 0 saturated heterocycles. The van der Waals surface area contributed by atoms with Gasteiger partial charge in [0, 0.05) is 19.3 Å². The summed E-state index contributed by atoms with van der Waals surface area (Å²) in [5.74, 6) is -0.933. The molecule has 0 saturated carbocycles. The van der Waals surface area contributed by atoms with E-state index in [2.05, 4.69) is 45.1 Å². The minimum absolute atomic E-state index is 0.0819. The summed E-state index contributed by atoms with van der Waals surface area (Å²) in [5, 5.41) is 0. The number of carbonyl (C=O) groups excluding carboxylic acids is 3. The molecule has 1 unspecified atom stereocenters. The van der Waals surface area contributed by atoms with Crippen LogP contribution in [0.1, 0.15) is 220 Å². The summed E-state index contributed by atoms with van der Waals surface area (Å²) < 4.78 is 16.6. The van der Waals surface area contributed by atoms with E-state index in [1.54, 1.807) is 0 Å². The third-order valence-electron chi connectivity index (χ3n) is 9.18. The minimum atomic E-state index is -0.779. The lowest BCUT2D eigenvalue weighted by molar-refractivity contribution is -0.167. The Hall–Kier alpha value is -2.11. The molecule has 6 heteroatoms. The van der Waals surface area contributed by atoms with E-state index >= 15 is 0 Å². The largest absolute Gasteiger partial charge is 0.462 e. The van der Waals surface area contributed by atoms with Gasteiger partial charge in [0.2, 0.25) is 0 Å². The van der Waals surface area contributed by atoms with Gasteiger partial charge in [0.25, 0.3) is 0 Å². The second-order valence-corrected chi connectivity index (χ2v) is 14.3. The van der Waals surface area contributed by atoms with Gasteiger partial charge in [0.1, 0.15) is 13.2 Å². The first-order valence-corrected chi connectivity index (χ1v) is 21.3. The third kappa shape index (κ3) is 37.2. The van der Waals surface area contributed by atoms with E-state index in [0.29, 0.717) is 19.3 Å². The van der Waals surface area contributed by atoms with Crippen LogP contribution in [-0.4, -0.2) is 37.2 Å². The van der Waals surface area contributed by atoms with Crippen LogP contribution in [0.5, 0.6) is 0 Å². The molecular weight excluding hydrogens is 624 g/mol. The summed E-state index contributed by atoms with van der Waals surface area (Å²) in [4.78, 5) is 37.5. The highest BCUT2D eigenvalue weighted by Gasteiger charge is 2.19. The van der Waals surface area contributed by atoms with Crippen molar-refractivity contribution in [1.29, 1.82) is 0 Å². The molecular formula is C44H80O6. The van der Waals surface area contributed by atoms with Gasteiger partial charge in [-0.1, -0.05) is 167 Å². The smallest absolute Gasteiger partial charge is 0.306 e. The Bertz CT molecular complexity index is 819. The molecule has 0 aliphatic carbocycles. The predicted octanol–water partition coefficient (Wildman–Crippen LogP) is 13.2. The summed E-state index contributed by atoms with van der Waals surface area (Å²) in [7, 11) is 0.